The molecule has 6 nitrogen and oxygen atoms in total. The van der Waals surface area contributed by atoms with E-state index in [-0.39, 0.29) is 0 Å². The summed E-state index contributed by atoms with van der Waals surface area (Å²) in [6.45, 7) is 3.15. The first kappa shape index (κ1) is 14.4. The number of nitrogens with one attached hydrogen (secondary N) is 1. The summed E-state index contributed by atoms with van der Waals surface area (Å²) in [6, 6.07) is 16.3. The summed E-state index contributed by atoms with van der Waals surface area (Å²) in [7, 11) is 0. The van der Waals surface area contributed by atoms with Crippen LogP contribution in [0.3, 0.4) is 0 Å². The molecule has 0 aliphatic rings. The van der Waals surface area contributed by atoms with Gasteiger partial charge in [0.1, 0.15) is 24.5 Å². The SMILES string of the molecule is Cc1cc(NCCOc2ccc3ccccc3c2)n2ncnc2n1. The van der Waals surface area contributed by atoms with Crippen molar-refractivity contribution in [2.45, 2.75) is 6.92 Å². The van der Waals surface area contributed by atoms with Gasteiger partial charge in [-0.1, -0.05) is 30.3 Å². The lowest BCUT2D eigenvalue weighted by atomic mass is 10.1. The second kappa shape index (κ2) is 6.16. The number of benzene rings is 2. The van der Waals surface area contributed by atoms with E-state index in [4.69, 9.17) is 4.74 Å². The molecule has 0 spiro atoms. The van der Waals surface area contributed by atoms with Crippen LogP contribution in [0.4, 0.5) is 5.82 Å². The van der Waals surface area contributed by atoms with E-state index in [9.17, 15) is 0 Å². The molecule has 6 heteroatoms. The van der Waals surface area contributed by atoms with Gasteiger partial charge in [-0.05, 0) is 29.8 Å². The van der Waals surface area contributed by atoms with Gasteiger partial charge in [-0.15, -0.1) is 0 Å². The summed E-state index contributed by atoms with van der Waals surface area (Å²) in [5.41, 5.74) is 0.897. The van der Waals surface area contributed by atoms with Gasteiger partial charge < -0.3 is 10.1 Å². The topological polar surface area (TPSA) is 64.3 Å². The lowest BCUT2D eigenvalue weighted by Gasteiger charge is -2.10. The fraction of sp³-hybridized carbons (Fsp3) is 0.167. The van der Waals surface area contributed by atoms with Gasteiger partial charge in [-0.3, -0.25) is 0 Å². The Hall–Kier alpha value is -3.15. The van der Waals surface area contributed by atoms with Gasteiger partial charge in [0.15, 0.2) is 0 Å². The van der Waals surface area contributed by atoms with Crippen LogP contribution in [0, 0.1) is 6.92 Å². The van der Waals surface area contributed by atoms with E-state index in [1.807, 2.05) is 31.2 Å². The molecule has 4 aromatic rings. The molecule has 0 aliphatic heterocycles. The van der Waals surface area contributed by atoms with Crippen LogP contribution in [0.15, 0.2) is 54.9 Å². The van der Waals surface area contributed by atoms with E-state index in [1.54, 1.807) is 4.52 Å². The van der Waals surface area contributed by atoms with E-state index >= 15 is 0 Å². The second-order valence-corrected chi connectivity index (χ2v) is 5.54. The third-order valence-electron chi connectivity index (χ3n) is 3.78. The van der Waals surface area contributed by atoms with Crippen molar-refractivity contribution >= 4 is 22.4 Å². The summed E-state index contributed by atoms with van der Waals surface area (Å²) in [4.78, 5) is 8.43. The van der Waals surface area contributed by atoms with Crippen LogP contribution in [-0.4, -0.2) is 32.7 Å². The van der Waals surface area contributed by atoms with E-state index in [0.717, 1.165) is 17.3 Å². The fourth-order valence-corrected chi connectivity index (χ4v) is 2.66. The highest BCUT2D eigenvalue weighted by atomic mass is 16.5. The normalized spacial score (nSPS) is 11.0. The molecule has 0 fully saturated rings. The number of ether oxygens (including phenoxy) is 1. The molecule has 0 atom stereocenters. The Morgan fingerprint density at radius 2 is 1.96 bits per heavy atom. The molecule has 2 aromatic heterocycles. The van der Waals surface area contributed by atoms with E-state index < -0.39 is 0 Å². The summed E-state index contributed by atoms with van der Waals surface area (Å²) in [6.07, 6.45) is 1.50. The van der Waals surface area contributed by atoms with E-state index in [1.165, 1.54) is 17.1 Å². The van der Waals surface area contributed by atoms with Gasteiger partial charge in [-0.2, -0.15) is 14.6 Å². The number of nitrogens with zero attached hydrogens (tertiary/aromatic N) is 4. The minimum atomic E-state index is 0.551. The molecule has 0 bridgehead atoms. The van der Waals surface area contributed by atoms with E-state index in [2.05, 4.69) is 44.6 Å². The largest absolute Gasteiger partial charge is 0.492 e. The monoisotopic (exact) mass is 319 g/mol. The average molecular weight is 319 g/mol. The Kier molecular flexibility index (Phi) is 3.70. The maximum atomic E-state index is 5.84. The Labute approximate surface area is 139 Å². The van der Waals surface area contributed by atoms with Crippen LogP contribution in [0.2, 0.25) is 0 Å². The van der Waals surface area contributed by atoms with Gasteiger partial charge in [0.05, 0.1) is 6.54 Å². The highest BCUT2D eigenvalue weighted by Crippen LogP contribution is 2.20. The second-order valence-electron chi connectivity index (χ2n) is 5.54. The molecule has 0 unspecified atom stereocenters. The van der Waals surface area contributed by atoms with Gasteiger partial charge >= 0.3 is 0 Å². The third kappa shape index (κ3) is 2.86. The zero-order valence-corrected chi connectivity index (χ0v) is 13.3. The maximum absolute atomic E-state index is 5.84. The number of aromatic nitrogens is 4. The number of aryl methyl sites for hydroxylation is 1. The molecule has 0 amide bonds. The number of fused-ring (bicyclic) bond motifs is 2. The molecule has 1 N–H and O–H groups in total. The molecule has 0 aliphatic carbocycles. The smallest absolute Gasteiger partial charge is 0.254 e. The molecule has 0 saturated carbocycles. The molecule has 0 radical (unpaired) electrons. The predicted octanol–water partition coefficient (Wildman–Crippen LogP) is 3.08. The minimum absolute atomic E-state index is 0.551. The number of hydrogen-bond donors (Lipinski definition) is 1. The molecule has 120 valence electrons. The van der Waals surface area contributed by atoms with Gasteiger partial charge in [-0.25, -0.2) is 4.98 Å². The predicted molar refractivity (Wildman–Crippen MR) is 93.5 cm³/mol. The quantitative estimate of drug-likeness (QED) is 0.573. The highest BCUT2D eigenvalue weighted by molar-refractivity contribution is 5.83. The van der Waals surface area contributed by atoms with Crippen molar-refractivity contribution in [2.75, 3.05) is 18.5 Å². The Bertz CT molecular complexity index is 995. The zero-order valence-electron chi connectivity index (χ0n) is 13.3. The van der Waals surface area contributed by atoms with Crippen molar-refractivity contribution < 1.29 is 4.74 Å². The summed E-state index contributed by atoms with van der Waals surface area (Å²) < 4.78 is 7.52. The van der Waals surface area contributed by atoms with Crippen molar-refractivity contribution in [3.8, 4) is 5.75 Å². The summed E-state index contributed by atoms with van der Waals surface area (Å²) in [5.74, 6) is 2.32. The minimum Gasteiger partial charge on any atom is -0.492 e. The summed E-state index contributed by atoms with van der Waals surface area (Å²) >= 11 is 0. The van der Waals surface area contributed by atoms with E-state index in [0.29, 0.717) is 18.9 Å². The van der Waals surface area contributed by atoms with Crippen LogP contribution in [-0.2, 0) is 0 Å². The lowest BCUT2D eigenvalue weighted by Crippen LogP contribution is -2.14. The number of hydrogen-bond acceptors (Lipinski definition) is 5. The number of anilines is 1. The van der Waals surface area contributed by atoms with Crippen LogP contribution in [0.5, 0.6) is 5.75 Å². The van der Waals surface area contributed by atoms with Crippen molar-refractivity contribution in [1.29, 1.82) is 0 Å². The van der Waals surface area contributed by atoms with Crippen LogP contribution < -0.4 is 10.1 Å². The van der Waals surface area contributed by atoms with Gasteiger partial charge in [0, 0.05) is 11.8 Å². The average Bonchev–Trinajstić information content (AvgIpc) is 3.07. The first-order valence-electron chi connectivity index (χ1n) is 7.82. The molecule has 2 heterocycles. The molecular formula is C18H17N5O. The Balaban J connectivity index is 1.40. The van der Waals surface area contributed by atoms with Crippen LogP contribution >= 0.6 is 0 Å². The highest BCUT2D eigenvalue weighted by Gasteiger charge is 2.05. The Morgan fingerprint density at radius 1 is 1.08 bits per heavy atom. The van der Waals surface area contributed by atoms with Crippen LogP contribution in [0.1, 0.15) is 5.69 Å². The molecule has 24 heavy (non-hydrogen) atoms. The molecule has 2 aromatic carbocycles. The maximum Gasteiger partial charge on any atom is 0.254 e. The summed E-state index contributed by atoms with van der Waals surface area (Å²) in [5, 5.41) is 9.88. The lowest BCUT2D eigenvalue weighted by molar-refractivity contribution is 0.333. The van der Waals surface area contributed by atoms with Crippen molar-refractivity contribution in [2.24, 2.45) is 0 Å². The first-order valence-corrected chi connectivity index (χ1v) is 7.82. The van der Waals surface area contributed by atoms with Crippen molar-refractivity contribution in [3.05, 3.63) is 60.6 Å². The third-order valence-corrected chi connectivity index (χ3v) is 3.78. The zero-order chi connectivity index (χ0) is 16.4. The molecule has 0 saturated heterocycles. The molecule has 4 rings (SSSR count). The van der Waals surface area contributed by atoms with Crippen molar-refractivity contribution in [1.82, 2.24) is 19.6 Å². The van der Waals surface area contributed by atoms with Gasteiger partial charge in [0.25, 0.3) is 5.78 Å². The van der Waals surface area contributed by atoms with Gasteiger partial charge in [0.2, 0.25) is 0 Å². The van der Waals surface area contributed by atoms with Crippen LogP contribution in [0.25, 0.3) is 16.6 Å². The fourth-order valence-electron chi connectivity index (χ4n) is 2.66. The first-order chi connectivity index (χ1) is 11.8. The number of rotatable bonds is 5. The molecular weight excluding hydrogens is 302 g/mol. The Morgan fingerprint density at radius 3 is 2.88 bits per heavy atom. The van der Waals surface area contributed by atoms with Crippen molar-refractivity contribution in [3.63, 3.8) is 0 Å². The standard InChI is InChI=1S/C18H17N5O/c1-13-10-17(23-18(22-13)20-12-21-23)19-8-9-24-16-7-6-14-4-2-3-5-15(14)11-16/h2-7,10-12,19H,8-9H2,1H3.